The van der Waals surface area contributed by atoms with E-state index in [9.17, 15) is 8.96 Å². The molecule has 1 rings (SSSR count). The second-order valence-corrected chi connectivity index (χ2v) is 1.02. The maximum absolute atomic E-state index is 11.5. The van der Waals surface area contributed by atoms with Gasteiger partial charge in [0.05, 0.1) is 12.4 Å². The standard InChI is InChI=1S/C3H2F2N2/c4-6-1-2-7(5)3-6/h1-2H. The van der Waals surface area contributed by atoms with E-state index < -0.39 is 0 Å². The van der Waals surface area contributed by atoms with E-state index in [1.54, 1.807) is 6.67 Å². The Morgan fingerprint density at radius 3 is 1.71 bits per heavy atom. The quantitative estimate of drug-likeness (QED) is 0.420. The van der Waals surface area contributed by atoms with E-state index in [1.165, 1.54) is 0 Å². The van der Waals surface area contributed by atoms with E-state index in [0.29, 0.717) is 0 Å². The van der Waals surface area contributed by atoms with E-state index in [0.717, 1.165) is 12.4 Å². The normalized spacial score (nSPS) is 19.1. The van der Waals surface area contributed by atoms with E-state index in [1.807, 2.05) is 0 Å². The van der Waals surface area contributed by atoms with Gasteiger partial charge < -0.3 is 0 Å². The molecular weight excluding hydrogens is 102 g/mol. The first kappa shape index (κ1) is 4.36. The van der Waals surface area contributed by atoms with Crippen LogP contribution in [0.5, 0.6) is 0 Å². The fourth-order valence-corrected chi connectivity index (χ4v) is 0.275. The molecule has 0 spiro atoms. The smallest absolute Gasteiger partial charge is 0.179 e. The van der Waals surface area contributed by atoms with Crippen molar-refractivity contribution < 1.29 is 8.96 Å². The molecule has 2 radical (unpaired) electrons. The summed E-state index contributed by atoms with van der Waals surface area (Å²) in [4.78, 5) is 0. The lowest BCUT2D eigenvalue weighted by Gasteiger charge is -1.97. The summed E-state index contributed by atoms with van der Waals surface area (Å²) in [6.07, 6.45) is 1.81. The highest BCUT2D eigenvalue weighted by Gasteiger charge is 2.11. The third-order valence-corrected chi connectivity index (χ3v) is 0.519. The third kappa shape index (κ3) is 0.792. The summed E-state index contributed by atoms with van der Waals surface area (Å²) in [7, 11) is 0. The molecule has 0 atom stereocenters. The van der Waals surface area contributed by atoms with Gasteiger partial charge in [0.2, 0.25) is 0 Å². The fraction of sp³-hybridized carbons (Fsp3) is 0. The van der Waals surface area contributed by atoms with E-state index in [4.69, 9.17) is 0 Å². The fourth-order valence-electron chi connectivity index (χ4n) is 0.275. The van der Waals surface area contributed by atoms with Crippen LogP contribution in [-0.4, -0.2) is 10.2 Å². The highest BCUT2D eigenvalue weighted by atomic mass is 19.2. The third-order valence-electron chi connectivity index (χ3n) is 0.519. The molecule has 1 aliphatic heterocycles. The molecule has 0 saturated carbocycles. The van der Waals surface area contributed by atoms with Gasteiger partial charge in [-0.3, -0.25) is 0 Å². The minimum absolute atomic E-state index is 0. The second-order valence-electron chi connectivity index (χ2n) is 1.02. The zero-order valence-corrected chi connectivity index (χ0v) is 3.31. The van der Waals surface area contributed by atoms with Crippen molar-refractivity contribution in [2.45, 2.75) is 0 Å². The molecule has 0 saturated heterocycles. The van der Waals surface area contributed by atoms with Gasteiger partial charge in [-0.05, 0) is 0 Å². The summed E-state index contributed by atoms with van der Waals surface area (Å²) < 4.78 is 23.1. The Labute approximate surface area is 39.5 Å². The molecule has 7 heavy (non-hydrogen) atoms. The summed E-state index contributed by atoms with van der Waals surface area (Å²) >= 11 is 0. The van der Waals surface area contributed by atoms with Crippen LogP contribution in [-0.2, 0) is 0 Å². The first-order valence-corrected chi connectivity index (χ1v) is 1.64. The summed E-state index contributed by atoms with van der Waals surface area (Å²) in [6.45, 7) is 1.64. The van der Waals surface area contributed by atoms with Gasteiger partial charge in [0, 0.05) is 0 Å². The molecule has 1 heterocycles. The minimum Gasteiger partial charge on any atom is -0.179 e. The van der Waals surface area contributed by atoms with E-state index >= 15 is 0 Å². The van der Waals surface area contributed by atoms with E-state index in [2.05, 4.69) is 0 Å². The summed E-state index contributed by atoms with van der Waals surface area (Å²) in [5, 5.41) is 0. The molecule has 0 bridgehead atoms. The number of halogens is 2. The molecule has 0 aromatic rings. The first-order chi connectivity index (χ1) is 3.29. The molecule has 0 N–H and O–H groups in total. The van der Waals surface area contributed by atoms with Crippen LogP contribution in [0, 0.1) is 6.67 Å². The molecule has 0 aromatic heterocycles. The van der Waals surface area contributed by atoms with Crippen LogP contribution in [0.4, 0.5) is 8.96 Å². The van der Waals surface area contributed by atoms with Crippen LogP contribution in [0.1, 0.15) is 0 Å². The van der Waals surface area contributed by atoms with Crippen molar-refractivity contribution in [2.75, 3.05) is 0 Å². The number of nitrogens with zero attached hydrogens (tertiary/aromatic N) is 2. The van der Waals surface area contributed by atoms with Crippen molar-refractivity contribution in [1.29, 1.82) is 0 Å². The number of hydrogen-bond acceptors (Lipinski definition) is 2. The molecule has 38 valence electrons. The molecule has 0 fully saturated rings. The minimum atomic E-state index is 0. The average Bonchev–Trinajstić information content (AvgIpc) is 1.87. The maximum atomic E-state index is 11.5. The Balaban J connectivity index is 2.42. The second kappa shape index (κ2) is 1.36. The maximum Gasteiger partial charge on any atom is 0.272 e. The molecule has 4 heteroatoms. The summed E-state index contributed by atoms with van der Waals surface area (Å²) in [5.74, 6) is 0. The Morgan fingerprint density at radius 1 is 1.14 bits per heavy atom. The largest absolute Gasteiger partial charge is 0.272 e. The molecular formula is C3H2F2N2. The monoisotopic (exact) mass is 104 g/mol. The number of rotatable bonds is 0. The first-order valence-electron chi connectivity index (χ1n) is 1.64. The van der Waals surface area contributed by atoms with Gasteiger partial charge in [-0.15, -0.1) is 0 Å². The van der Waals surface area contributed by atoms with Gasteiger partial charge in [0.1, 0.15) is 0 Å². The van der Waals surface area contributed by atoms with Crippen LogP contribution in [0.15, 0.2) is 12.4 Å². The van der Waals surface area contributed by atoms with Crippen LogP contribution in [0.2, 0.25) is 0 Å². The average molecular weight is 104 g/mol. The van der Waals surface area contributed by atoms with Gasteiger partial charge in [0.25, 0.3) is 6.67 Å². The van der Waals surface area contributed by atoms with Crippen molar-refractivity contribution in [3.05, 3.63) is 19.1 Å². The Hall–Kier alpha value is -0.800. The van der Waals surface area contributed by atoms with Gasteiger partial charge >= 0.3 is 0 Å². The Morgan fingerprint density at radius 2 is 1.57 bits per heavy atom. The zero-order valence-electron chi connectivity index (χ0n) is 3.31. The topological polar surface area (TPSA) is 6.48 Å². The van der Waals surface area contributed by atoms with Gasteiger partial charge in [-0.1, -0.05) is 8.96 Å². The highest BCUT2D eigenvalue weighted by Crippen LogP contribution is 2.09. The Bertz CT molecular complexity index is 82.9. The molecule has 0 unspecified atom stereocenters. The summed E-state index contributed by atoms with van der Waals surface area (Å²) in [6, 6.07) is 0. The van der Waals surface area contributed by atoms with Crippen LogP contribution in [0.3, 0.4) is 0 Å². The van der Waals surface area contributed by atoms with Crippen LogP contribution >= 0.6 is 0 Å². The Kier molecular flexibility index (Phi) is 0.850. The SMILES string of the molecule is FN1[C]N(F)C=C1. The molecule has 0 aliphatic carbocycles. The van der Waals surface area contributed by atoms with Crippen molar-refractivity contribution >= 4 is 0 Å². The lowest BCUT2D eigenvalue weighted by atomic mass is 11.0. The lowest BCUT2D eigenvalue weighted by molar-refractivity contribution is 0.0404. The molecule has 1 aliphatic rings. The lowest BCUT2D eigenvalue weighted by Crippen LogP contribution is -2.02. The predicted octanol–water partition coefficient (Wildman–Crippen LogP) is 0.840. The van der Waals surface area contributed by atoms with Crippen molar-refractivity contribution in [2.24, 2.45) is 0 Å². The van der Waals surface area contributed by atoms with Gasteiger partial charge in [-0.25, -0.2) is 0 Å². The van der Waals surface area contributed by atoms with Gasteiger partial charge in [0.15, 0.2) is 0 Å². The highest BCUT2D eigenvalue weighted by molar-refractivity contribution is 4.87. The van der Waals surface area contributed by atoms with Crippen molar-refractivity contribution in [1.82, 2.24) is 10.2 Å². The number of hydrogen-bond donors (Lipinski definition) is 0. The molecule has 0 amide bonds. The predicted molar refractivity (Wildman–Crippen MR) is 18.3 cm³/mol. The molecule has 2 nitrogen and oxygen atoms in total. The zero-order chi connectivity index (χ0) is 5.28. The van der Waals surface area contributed by atoms with Crippen molar-refractivity contribution in [3.8, 4) is 0 Å². The van der Waals surface area contributed by atoms with Crippen LogP contribution < -0.4 is 0 Å². The van der Waals surface area contributed by atoms with E-state index in [-0.39, 0.29) is 10.2 Å². The molecule has 0 aromatic carbocycles. The van der Waals surface area contributed by atoms with Gasteiger partial charge in [-0.2, -0.15) is 10.2 Å². The van der Waals surface area contributed by atoms with Crippen molar-refractivity contribution in [3.63, 3.8) is 0 Å². The summed E-state index contributed by atoms with van der Waals surface area (Å²) in [5.41, 5.74) is 0. The van der Waals surface area contributed by atoms with Crippen LogP contribution in [0.25, 0.3) is 0 Å².